The Morgan fingerprint density at radius 1 is 1.58 bits per heavy atom. The Hall–Kier alpha value is -2.13. The summed E-state index contributed by atoms with van der Waals surface area (Å²) in [4.78, 5) is 17.9. The molecule has 2 heterocycles. The number of nitrogens with zero attached hydrogens (tertiary/aromatic N) is 3. The molecule has 6 heteroatoms. The minimum atomic E-state index is -0.394. The quantitative estimate of drug-likeness (QED) is 0.861. The highest BCUT2D eigenvalue weighted by molar-refractivity contribution is 5.84. The van der Waals surface area contributed by atoms with Crippen LogP contribution in [0.5, 0.6) is 0 Å². The van der Waals surface area contributed by atoms with E-state index in [-0.39, 0.29) is 5.91 Å². The maximum atomic E-state index is 12.2. The van der Waals surface area contributed by atoms with Gasteiger partial charge in [0.2, 0.25) is 5.91 Å². The van der Waals surface area contributed by atoms with Crippen LogP contribution in [-0.2, 0) is 9.53 Å². The summed E-state index contributed by atoms with van der Waals surface area (Å²) in [7, 11) is 0. The number of nitriles is 1. The van der Waals surface area contributed by atoms with E-state index in [1.165, 1.54) is 0 Å². The molecule has 2 rings (SSSR count). The lowest BCUT2D eigenvalue weighted by Gasteiger charge is -2.29. The van der Waals surface area contributed by atoms with Crippen molar-refractivity contribution in [2.24, 2.45) is 0 Å². The molecular weight excluding hydrogens is 244 g/mol. The third-order valence-electron chi connectivity index (χ3n) is 2.98. The average molecular weight is 260 g/mol. The molecule has 0 aromatic carbocycles. The number of carbonyl (C=O) groups is 1. The largest absolute Gasteiger partial charge is 0.378 e. The second kappa shape index (κ2) is 6.16. The van der Waals surface area contributed by atoms with Gasteiger partial charge in [-0.3, -0.25) is 4.79 Å². The fraction of sp³-hybridized carbons (Fsp3) is 0.462. The zero-order chi connectivity index (χ0) is 13.7. The Bertz CT molecular complexity index is 492. The zero-order valence-corrected chi connectivity index (χ0v) is 10.8. The van der Waals surface area contributed by atoms with E-state index in [0.29, 0.717) is 37.7 Å². The van der Waals surface area contributed by atoms with E-state index in [4.69, 9.17) is 10.00 Å². The van der Waals surface area contributed by atoms with Crippen LogP contribution in [0.2, 0.25) is 0 Å². The smallest absolute Gasteiger partial charge is 0.244 e. The molecular formula is C13H16N4O2. The van der Waals surface area contributed by atoms with Crippen molar-refractivity contribution in [3.63, 3.8) is 0 Å². The van der Waals surface area contributed by atoms with Crippen molar-refractivity contribution in [2.45, 2.75) is 13.0 Å². The van der Waals surface area contributed by atoms with Crippen LogP contribution in [0.4, 0.5) is 5.69 Å². The van der Waals surface area contributed by atoms with Crippen molar-refractivity contribution in [3.8, 4) is 6.07 Å². The summed E-state index contributed by atoms with van der Waals surface area (Å²) in [5.74, 6) is 0.0102. The first-order valence-electron chi connectivity index (χ1n) is 6.20. The van der Waals surface area contributed by atoms with E-state index >= 15 is 0 Å². The second-order valence-corrected chi connectivity index (χ2v) is 4.32. The number of rotatable bonds is 3. The molecule has 19 heavy (non-hydrogen) atoms. The Morgan fingerprint density at radius 3 is 3.00 bits per heavy atom. The Kier molecular flexibility index (Phi) is 4.31. The van der Waals surface area contributed by atoms with Crippen LogP contribution in [0.25, 0.3) is 0 Å². The summed E-state index contributed by atoms with van der Waals surface area (Å²) in [5, 5.41) is 12.0. The number of carbonyl (C=O) groups excluding carboxylic acids is 1. The third kappa shape index (κ3) is 3.20. The van der Waals surface area contributed by atoms with Gasteiger partial charge in [-0.15, -0.1) is 0 Å². The lowest BCUT2D eigenvalue weighted by molar-refractivity contribution is -0.135. The van der Waals surface area contributed by atoms with Crippen LogP contribution in [0.3, 0.4) is 0 Å². The van der Waals surface area contributed by atoms with Crippen molar-refractivity contribution in [1.29, 1.82) is 5.26 Å². The molecule has 1 saturated heterocycles. The molecule has 0 aliphatic carbocycles. The number of amides is 1. The van der Waals surface area contributed by atoms with Crippen LogP contribution in [0, 0.1) is 11.3 Å². The number of ether oxygens (including phenoxy) is 1. The van der Waals surface area contributed by atoms with E-state index in [2.05, 4.69) is 10.3 Å². The summed E-state index contributed by atoms with van der Waals surface area (Å²) in [6, 6.07) is 5.08. The van der Waals surface area contributed by atoms with E-state index in [0.717, 1.165) is 0 Å². The average Bonchev–Trinajstić information content (AvgIpc) is 2.48. The number of anilines is 1. The lowest BCUT2D eigenvalue weighted by Crippen LogP contribution is -2.47. The fourth-order valence-corrected chi connectivity index (χ4v) is 1.96. The van der Waals surface area contributed by atoms with E-state index < -0.39 is 6.04 Å². The topological polar surface area (TPSA) is 78.2 Å². The number of hydrogen-bond donors (Lipinski definition) is 1. The normalized spacial score (nSPS) is 16.5. The minimum Gasteiger partial charge on any atom is -0.378 e. The van der Waals surface area contributed by atoms with Crippen molar-refractivity contribution in [1.82, 2.24) is 9.88 Å². The Balaban J connectivity index is 2.02. The molecule has 1 aliphatic rings. The molecule has 1 atom stereocenters. The van der Waals surface area contributed by atoms with Crippen LogP contribution < -0.4 is 5.32 Å². The molecule has 100 valence electrons. The van der Waals surface area contributed by atoms with Crippen molar-refractivity contribution in [2.75, 3.05) is 31.6 Å². The van der Waals surface area contributed by atoms with Gasteiger partial charge in [0.25, 0.3) is 0 Å². The highest BCUT2D eigenvalue weighted by atomic mass is 16.5. The minimum absolute atomic E-state index is 0.0102. The van der Waals surface area contributed by atoms with Gasteiger partial charge < -0.3 is 15.0 Å². The maximum absolute atomic E-state index is 12.2. The highest BCUT2D eigenvalue weighted by Gasteiger charge is 2.22. The fourth-order valence-electron chi connectivity index (χ4n) is 1.96. The van der Waals surface area contributed by atoms with Gasteiger partial charge >= 0.3 is 0 Å². The number of morpholine rings is 1. The number of nitrogens with one attached hydrogen (secondary N) is 1. The molecule has 0 saturated carbocycles. The van der Waals surface area contributed by atoms with Crippen LogP contribution in [-0.4, -0.2) is 48.1 Å². The van der Waals surface area contributed by atoms with Gasteiger partial charge in [0.15, 0.2) is 5.69 Å². The first-order valence-corrected chi connectivity index (χ1v) is 6.20. The van der Waals surface area contributed by atoms with Crippen molar-refractivity contribution >= 4 is 11.6 Å². The van der Waals surface area contributed by atoms with Gasteiger partial charge in [0.05, 0.1) is 18.9 Å². The molecule has 1 aliphatic heterocycles. The summed E-state index contributed by atoms with van der Waals surface area (Å²) >= 11 is 0. The van der Waals surface area contributed by atoms with Gasteiger partial charge in [0, 0.05) is 19.3 Å². The molecule has 1 aromatic rings. The predicted octanol–water partition coefficient (Wildman–Crippen LogP) is 0.612. The molecule has 1 aromatic heterocycles. The monoisotopic (exact) mass is 260 g/mol. The highest BCUT2D eigenvalue weighted by Crippen LogP contribution is 2.13. The van der Waals surface area contributed by atoms with Gasteiger partial charge in [-0.2, -0.15) is 5.26 Å². The summed E-state index contributed by atoms with van der Waals surface area (Å²) in [6.07, 6.45) is 1.55. The standard InChI is InChI=1S/C13H16N4O2/c1-10(13(18)17-5-7-19-8-6-17)16-11-3-2-4-15-12(11)9-14/h2-4,10,16H,5-8H2,1H3. The van der Waals surface area contributed by atoms with Crippen LogP contribution in [0.1, 0.15) is 12.6 Å². The molecule has 1 N–H and O–H groups in total. The molecule has 0 radical (unpaired) electrons. The first-order chi connectivity index (χ1) is 9.22. The third-order valence-corrected chi connectivity index (χ3v) is 2.98. The number of pyridine rings is 1. The van der Waals surface area contributed by atoms with Gasteiger partial charge in [-0.25, -0.2) is 4.98 Å². The van der Waals surface area contributed by atoms with E-state index in [1.54, 1.807) is 30.2 Å². The van der Waals surface area contributed by atoms with Crippen molar-refractivity contribution in [3.05, 3.63) is 24.0 Å². The molecule has 1 unspecified atom stereocenters. The van der Waals surface area contributed by atoms with Gasteiger partial charge in [-0.1, -0.05) is 0 Å². The molecule has 0 bridgehead atoms. The maximum Gasteiger partial charge on any atom is 0.244 e. The van der Waals surface area contributed by atoms with Gasteiger partial charge in [0.1, 0.15) is 12.1 Å². The van der Waals surface area contributed by atoms with E-state index in [9.17, 15) is 4.79 Å². The summed E-state index contributed by atoms with van der Waals surface area (Å²) in [5.41, 5.74) is 0.878. The SMILES string of the molecule is CC(Nc1cccnc1C#N)C(=O)N1CCOCC1. The van der Waals surface area contributed by atoms with Gasteiger partial charge in [-0.05, 0) is 19.1 Å². The number of hydrogen-bond acceptors (Lipinski definition) is 5. The lowest BCUT2D eigenvalue weighted by atomic mass is 10.2. The summed E-state index contributed by atoms with van der Waals surface area (Å²) in [6.45, 7) is 4.17. The summed E-state index contributed by atoms with van der Waals surface area (Å²) < 4.78 is 5.22. The molecule has 0 spiro atoms. The second-order valence-electron chi connectivity index (χ2n) is 4.32. The zero-order valence-electron chi connectivity index (χ0n) is 10.8. The first kappa shape index (κ1) is 13.3. The Labute approximate surface area is 112 Å². The number of aromatic nitrogens is 1. The molecule has 1 fully saturated rings. The van der Waals surface area contributed by atoms with Crippen molar-refractivity contribution < 1.29 is 9.53 Å². The van der Waals surface area contributed by atoms with Crippen LogP contribution in [0.15, 0.2) is 18.3 Å². The molecule has 6 nitrogen and oxygen atoms in total. The van der Waals surface area contributed by atoms with E-state index in [1.807, 2.05) is 6.07 Å². The predicted molar refractivity (Wildman–Crippen MR) is 69.4 cm³/mol. The molecule has 1 amide bonds. The van der Waals surface area contributed by atoms with Crippen LogP contribution >= 0.6 is 0 Å². The Morgan fingerprint density at radius 2 is 2.32 bits per heavy atom.